The zero-order valence-electron chi connectivity index (χ0n) is 35.1. The molecule has 0 aliphatic rings. The number of para-hydroxylation sites is 1. The first-order chi connectivity index (χ1) is 25.6. The Labute approximate surface area is 247 Å². The molecule has 0 radical (unpaired) electrons. The van der Waals surface area contributed by atoms with Crippen molar-refractivity contribution >= 4 is 43.5 Å². The number of hydrogen-bond acceptors (Lipinski definition) is 1. The topological polar surface area (TPSA) is 13.1 Å². The van der Waals surface area contributed by atoms with Gasteiger partial charge in [-0.2, -0.15) is 0 Å². The van der Waals surface area contributed by atoms with Crippen LogP contribution < -0.4 is 0 Å². The van der Waals surface area contributed by atoms with Crippen molar-refractivity contribution in [3.05, 3.63) is 145 Å². The summed E-state index contributed by atoms with van der Waals surface area (Å²) in [5.41, 5.74) is 1.03. The zero-order valence-corrected chi connectivity index (χ0v) is 20.1. The highest BCUT2D eigenvalue weighted by molar-refractivity contribution is 6.21. The molecular weight excluding hydrogens is 472 g/mol. The van der Waals surface area contributed by atoms with E-state index in [2.05, 4.69) is 0 Å². The molecule has 1 heteroatoms. The number of furan rings is 1. The van der Waals surface area contributed by atoms with Gasteiger partial charge in [0.05, 0.1) is 20.6 Å². The lowest BCUT2D eigenvalue weighted by molar-refractivity contribution is 0.669. The van der Waals surface area contributed by atoms with Crippen LogP contribution in [0.3, 0.4) is 0 Å². The van der Waals surface area contributed by atoms with E-state index in [9.17, 15) is 0 Å². The third-order valence-electron chi connectivity index (χ3n) is 6.85. The van der Waals surface area contributed by atoms with E-state index in [1.165, 1.54) is 12.1 Å². The van der Waals surface area contributed by atoms with Gasteiger partial charge in [-0.05, 0) is 67.0 Å². The molecule has 0 saturated heterocycles. The van der Waals surface area contributed by atoms with E-state index in [0.29, 0.717) is 11.1 Å². The second-order valence-corrected chi connectivity index (χ2v) is 8.95. The third kappa shape index (κ3) is 3.41. The van der Waals surface area contributed by atoms with E-state index in [1.807, 2.05) is 0 Å². The molecule has 1 nitrogen and oxygen atoms in total. The van der Waals surface area contributed by atoms with Crippen LogP contribution in [-0.4, -0.2) is 0 Å². The van der Waals surface area contributed by atoms with Crippen LogP contribution >= 0.6 is 0 Å². The molecule has 0 aliphatic heterocycles. The van der Waals surface area contributed by atoms with Crippen LogP contribution in [-0.2, 0) is 0 Å². The molecule has 1 heterocycles. The van der Waals surface area contributed by atoms with Gasteiger partial charge >= 0.3 is 0 Å². The summed E-state index contributed by atoms with van der Waals surface area (Å²) in [7, 11) is 0. The Morgan fingerprint density at radius 1 is 0.410 bits per heavy atom. The normalized spacial score (nSPS) is 17.0. The van der Waals surface area contributed by atoms with Crippen LogP contribution in [0.5, 0.6) is 0 Å². The van der Waals surface area contributed by atoms with Crippen molar-refractivity contribution in [3.63, 3.8) is 0 Å². The Bertz CT molecular complexity index is 2890. The average Bonchev–Trinajstić information content (AvgIpc) is 3.58. The van der Waals surface area contributed by atoms with E-state index < -0.39 is 90.6 Å². The van der Waals surface area contributed by atoms with Crippen molar-refractivity contribution in [2.75, 3.05) is 0 Å². The van der Waals surface area contributed by atoms with E-state index in [1.54, 1.807) is 42.5 Å². The molecule has 39 heavy (non-hydrogen) atoms. The van der Waals surface area contributed by atoms with E-state index in [0.717, 1.165) is 0 Å². The summed E-state index contributed by atoms with van der Waals surface area (Å²) < 4.78 is 136. The van der Waals surface area contributed by atoms with Crippen molar-refractivity contribution in [2.45, 2.75) is 0 Å². The van der Waals surface area contributed by atoms with Gasteiger partial charge < -0.3 is 4.42 Å². The average molecular weight is 512 g/mol. The fourth-order valence-electron chi connectivity index (χ4n) is 5.19. The van der Waals surface area contributed by atoms with E-state index in [-0.39, 0.29) is 65.7 Å². The van der Waals surface area contributed by atoms with Crippen molar-refractivity contribution in [1.29, 1.82) is 0 Å². The molecule has 0 N–H and O–H groups in total. The molecule has 8 rings (SSSR count). The summed E-state index contributed by atoms with van der Waals surface area (Å²) in [6.07, 6.45) is 0. The summed E-state index contributed by atoms with van der Waals surface area (Å²) in [6.45, 7) is 0. The van der Waals surface area contributed by atoms with Gasteiger partial charge in [0.25, 0.3) is 0 Å². The molecule has 7 aromatic carbocycles. The Morgan fingerprint density at radius 2 is 0.897 bits per heavy atom. The molecule has 0 fully saturated rings. The zero-order chi connectivity index (χ0) is 38.8. The molecule has 8 aromatic rings. The lowest BCUT2D eigenvalue weighted by Crippen LogP contribution is -1.90. The molecular formula is C38H24O. The maximum atomic E-state index is 9.12. The fraction of sp³-hybridized carbons (Fsp3) is 0. The standard InChI is InChI=1S/C38H24O/c1-2-11-26(12-3-1)36-29-13-4-6-15-31(29)37(32-16-7-5-14-30(32)36)27-23-21-25(22-24-27)28-18-10-20-35-38(28)33-17-8-9-19-34(33)39-35/h1-24H/i4D,5D,6D,7D,8D,9D,10D,13D,14D,15D,16D,17D,18D,19D,20D. The molecule has 0 aliphatic carbocycles. The first-order valence-electron chi connectivity index (χ1n) is 19.6. The maximum Gasteiger partial charge on any atom is 0.136 e. The number of benzene rings is 7. The number of fused-ring (bicyclic) bond motifs is 5. The molecule has 0 saturated carbocycles. The SMILES string of the molecule is [2H]c1c([2H])c([2H])c2c(oc3c([2H])c([2H])c([2H])c(-c4ccc(-c5c6c([2H])c([2H])c([2H])c([2H])c6c(-c6ccccc6)c6c([2H])c([2H])c([2H])c([2H])c56)cc4)c32)c1[2H]. The second kappa shape index (κ2) is 8.72. The van der Waals surface area contributed by atoms with Crippen LogP contribution in [0.1, 0.15) is 20.6 Å². The highest BCUT2D eigenvalue weighted by Crippen LogP contribution is 2.44. The molecule has 0 amide bonds. The monoisotopic (exact) mass is 511 g/mol. The third-order valence-corrected chi connectivity index (χ3v) is 6.85. The molecule has 0 bridgehead atoms. The molecule has 0 unspecified atom stereocenters. The number of rotatable bonds is 3. The highest BCUT2D eigenvalue weighted by Gasteiger charge is 2.17. The van der Waals surface area contributed by atoms with Gasteiger partial charge in [-0.25, -0.2) is 0 Å². The molecule has 0 spiro atoms. The predicted molar refractivity (Wildman–Crippen MR) is 165 cm³/mol. The largest absolute Gasteiger partial charge is 0.456 e. The van der Waals surface area contributed by atoms with Gasteiger partial charge in [0, 0.05) is 10.8 Å². The predicted octanol–water partition coefficient (Wildman–Crippen LogP) is 10.9. The van der Waals surface area contributed by atoms with Gasteiger partial charge in [0.15, 0.2) is 0 Å². The Balaban J connectivity index is 1.52. The quantitative estimate of drug-likeness (QED) is 0.215. The van der Waals surface area contributed by atoms with Gasteiger partial charge in [-0.3, -0.25) is 0 Å². The first kappa shape index (κ1) is 11.7. The van der Waals surface area contributed by atoms with E-state index >= 15 is 0 Å². The highest BCUT2D eigenvalue weighted by atomic mass is 16.3. The van der Waals surface area contributed by atoms with Crippen molar-refractivity contribution in [2.24, 2.45) is 0 Å². The minimum Gasteiger partial charge on any atom is -0.456 e. The Hall–Kier alpha value is -5.14. The fourth-order valence-corrected chi connectivity index (χ4v) is 5.19. The van der Waals surface area contributed by atoms with Crippen LogP contribution in [0.2, 0.25) is 0 Å². The molecule has 182 valence electrons. The molecule has 1 aromatic heterocycles. The summed E-state index contributed by atoms with van der Waals surface area (Å²) in [4.78, 5) is 0. The van der Waals surface area contributed by atoms with E-state index in [4.69, 9.17) is 25.0 Å². The van der Waals surface area contributed by atoms with Crippen molar-refractivity contribution in [3.8, 4) is 33.4 Å². The first-order valence-corrected chi connectivity index (χ1v) is 12.1. The van der Waals surface area contributed by atoms with Gasteiger partial charge in [-0.15, -0.1) is 0 Å². The summed E-state index contributed by atoms with van der Waals surface area (Å²) in [5, 5.41) is 0.153. The second-order valence-electron chi connectivity index (χ2n) is 8.95. The Morgan fingerprint density at radius 3 is 1.51 bits per heavy atom. The lowest BCUT2D eigenvalue weighted by Gasteiger charge is -2.18. The molecule has 0 atom stereocenters. The van der Waals surface area contributed by atoms with Crippen molar-refractivity contribution in [1.82, 2.24) is 0 Å². The van der Waals surface area contributed by atoms with Crippen LogP contribution in [0.15, 0.2) is 150 Å². The minimum atomic E-state index is -0.546. The summed E-state index contributed by atoms with van der Waals surface area (Å²) in [6, 6.07) is 7.63. The van der Waals surface area contributed by atoms with Gasteiger partial charge in [-0.1, -0.05) is 133 Å². The number of hydrogen-bond donors (Lipinski definition) is 0. The van der Waals surface area contributed by atoms with Crippen molar-refractivity contribution < 1.29 is 25.0 Å². The smallest absolute Gasteiger partial charge is 0.136 e. The summed E-state index contributed by atoms with van der Waals surface area (Å²) in [5.74, 6) is 0. The minimum absolute atomic E-state index is 0.0255. The van der Waals surface area contributed by atoms with Crippen LogP contribution in [0.25, 0.3) is 76.9 Å². The Kier molecular flexibility index (Phi) is 2.62. The van der Waals surface area contributed by atoms with Crippen LogP contribution in [0.4, 0.5) is 0 Å². The maximum absolute atomic E-state index is 9.12. The van der Waals surface area contributed by atoms with Gasteiger partial charge in [0.1, 0.15) is 11.2 Å². The lowest BCUT2D eigenvalue weighted by atomic mass is 9.85. The summed E-state index contributed by atoms with van der Waals surface area (Å²) >= 11 is 0. The van der Waals surface area contributed by atoms with Gasteiger partial charge in [0.2, 0.25) is 0 Å². The van der Waals surface area contributed by atoms with Crippen LogP contribution in [0, 0.1) is 0 Å².